The van der Waals surface area contributed by atoms with Gasteiger partial charge in [0.25, 0.3) is 0 Å². The van der Waals surface area contributed by atoms with Gasteiger partial charge in [-0.25, -0.2) is 4.98 Å². The highest BCUT2D eigenvalue weighted by Gasteiger charge is 2.54. The Morgan fingerprint density at radius 3 is 2.75 bits per heavy atom. The summed E-state index contributed by atoms with van der Waals surface area (Å²) in [7, 11) is 0. The predicted octanol–water partition coefficient (Wildman–Crippen LogP) is 3.37. The average molecular weight is 294 g/mol. The summed E-state index contributed by atoms with van der Waals surface area (Å²) in [4.78, 5) is 15.2. The van der Waals surface area contributed by atoms with E-state index < -0.39 is 5.97 Å². The molecule has 2 aliphatic carbocycles. The highest BCUT2D eigenvalue weighted by molar-refractivity contribution is 7.99. The number of carboxylic acid groups (broad SMARTS) is 1. The summed E-state index contributed by atoms with van der Waals surface area (Å²) in [5.41, 5.74) is 1.74. The molecule has 1 heterocycles. The molecule has 0 unspecified atom stereocenters. The number of carboxylic acids is 1. The Hall–Kier alpha value is -0.970. The van der Waals surface area contributed by atoms with Crippen molar-refractivity contribution in [1.82, 2.24) is 9.55 Å². The van der Waals surface area contributed by atoms with Crippen molar-refractivity contribution in [2.24, 2.45) is 11.3 Å². The third-order valence-corrected chi connectivity index (χ3v) is 5.55. The van der Waals surface area contributed by atoms with Crippen molar-refractivity contribution in [1.29, 1.82) is 0 Å². The van der Waals surface area contributed by atoms with E-state index in [2.05, 4.69) is 23.4 Å². The summed E-state index contributed by atoms with van der Waals surface area (Å²) in [6.07, 6.45) is 7.34. The zero-order valence-corrected chi connectivity index (χ0v) is 12.9. The van der Waals surface area contributed by atoms with Crippen LogP contribution in [0.4, 0.5) is 0 Å². The first-order chi connectivity index (χ1) is 9.52. The Labute approximate surface area is 124 Å². The lowest BCUT2D eigenvalue weighted by Crippen LogP contribution is -2.17. The second-order valence-corrected chi connectivity index (χ2v) is 7.47. The molecule has 0 saturated heterocycles. The van der Waals surface area contributed by atoms with E-state index in [0.717, 1.165) is 17.6 Å². The fraction of sp³-hybridized carbons (Fsp3) is 0.733. The molecule has 0 aromatic carbocycles. The average Bonchev–Trinajstić information content (AvgIpc) is 3.24. The van der Waals surface area contributed by atoms with Crippen molar-refractivity contribution >= 4 is 17.7 Å². The minimum absolute atomic E-state index is 0.0883. The van der Waals surface area contributed by atoms with Crippen molar-refractivity contribution < 1.29 is 9.90 Å². The molecule has 0 aliphatic heterocycles. The van der Waals surface area contributed by atoms with Crippen LogP contribution in [0, 0.1) is 11.3 Å². The summed E-state index contributed by atoms with van der Waals surface area (Å²) in [5, 5.41) is 9.74. The zero-order chi connectivity index (χ0) is 14.3. The number of aromatic nitrogens is 2. The fourth-order valence-electron chi connectivity index (χ4n) is 3.10. The molecule has 4 nitrogen and oxygen atoms in total. The monoisotopic (exact) mass is 294 g/mol. The van der Waals surface area contributed by atoms with E-state index in [0.29, 0.717) is 11.3 Å². The Bertz CT molecular complexity index is 516. The summed E-state index contributed by atoms with van der Waals surface area (Å²) >= 11 is 1.35. The molecule has 1 aromatic heterocycles. The maximum absolute atomic E-state index is 10.8. The molecule has 2 fully saturated rings. The van der Waals surface area contributed by atoms with Crippen LogP contribution in [0.25, 0.3) is 0 Å². The van der Waals surface area contributed by atoms with Crippen molar-refractivity contribution in [3.05, 3.63) is 11.9 Å². The van der Waals surface area contributed by atoms with Gasteiger partial charge in [0.2, 0.25) is 0 Å². The van der Waals surface area contributed by atoms with Gasteiger partial charge in [0.1, 0.15) is 0 Å². The minimum Gasteiger partial charge on any atom is -0.481 e. The van der Waals surface area contributed by atoms with E-state index in [1.54, 1.807) is 0 Å². The quantitative estimate of drug-likeness (QED) is 0.783. The van der Waals surface area contributed by atoms with Gasteiger partial charge in [-0.1, -0.05) is 25.6 Å². The molecule has 110 valence electrons. The number of rotatable bonds is 7. The lowest BCUT2D eigenvalue weighted by Gasteiger charge is -2.20. The Balaban J connectivity index is 1.81. The largest absolute Gasteiger partial charge is 0.481 e. The Morgan fingerprint density at radius 1 is 1.55 bits per heavy atom. The molecule has 0 atom stereocenters. The number of carbonyl (C=O) groups is 1. The number of nitrogens with zero attached hydrogens (tertiary/aromatic N) is 2. The van der Waals surface area contributed by atoms with Crippen molar-refractivity contribution in [2.75, 3.05) is 5.75 Å². The maximum atomic E-state index is 10.8. The Morgan fingerprint density at radius 2 is 2.25 bits per heavy atom. The summed E-state index contributed by atoms with van der Waals surface area (Å²) in [6, 6.07) is 0. The molecule has 20 heavy (non-hydrogen) atoms. The number of aliphatic carboxylic acids is 1. The van der Waals surface area contributed by atoms with E-state index in [4.69, 9.17) is 5.11 Å². The molecule has 0 radical (unpaired) electrons. The van der Waals surface area contributed by atoms with Crippen LogP contribution in [0.3, 0.4) is 0 Å². The highest BCUT2D eigenvalue weighted by Crippen LogP contribution is 2.62. The molecule has 0 bridgehead atoms. The second kappa shape index (κ2) is 5.10. The van der Waals surface area contributed by atoms with Crippen LogP contribution in [0.2, 0.25) is 0 Å². The van der Waals surface area contributed by atoms with Crippen LogP contribution in [-0.4, -0.2) is 26.4 Å². The van der Waals surface area contributed by atoms with Gasteiger partial charge < -0.3 is 9.67 Å². The van der Waals surface area contributed by atoms with E-state index in [1.807, 2.05) is 6.20 Å². The van der Waals surface area contributed by atoms with Gasteiger partial charge in [0.15, 0.2) is 5.16 Å². The van der Waals surface area contributed by atoms with Crippen LogP contribution in [0.5, 0.6) is 0 Å². The summed E-state index contributed by atoms with van der Waals surface area (Å²) in [5.74, 6) is 0.642. The number of hydrogen-bond donors (Lipinski definition) is 1. The molecule has 2 aliphatic rings. The van der Waals surface area contributed by atoms with Gasteiger partial charge in [-0.2, -0.15) is 0 Å². The second-order valence-electron chi connectivity index (χ2n) is 6.53. The molecule has 1 aromatic rings. The lowest BCUT2D eigenvalue weighted by molar-refractivity contribution is -0.133. The molecule has 1 N–H and O–H groups in total. The third-order valence-electron chi connectivity index (χ3n) is 4.57. The first kappa shape index (κ1) is 14.0. The molecule has 2 saturated carbocycles. The fourth-order valence-corrected chi connectivity index (χ4v) is 3.80. The smallest absolute Gasteiger partial charge is 0.313 e. The molecule has 3 rings (SSSR count). The number of hydrogen-bond acceptors (Lipinski definition) is 3. The summed E-state index contributed by atoms with van der Waals surface area (Å²) < 4.78 is 2.30. The number of thioether (sulfide) groups is 1. The SMILES string of the molecule is CC(C)c1cnc(SCC(=O)O)n1CC1(C2CC2)CC1. The van der Waals surface area contributed by atoms with E-state index in [-0.39, 0.29) is 5.75 Å². The van der Waals surface area contributed by atoms with E-state index in [1.165, 1.54) is 43.1 Å². The highest BCUT2D eigenvalue weighted by atomic mass is 32.2. The van der Waals surface area contributed by atoms with Crippen LogP contribution in [-0.2, 0) is 11.3 Å². The molecule has 5 heteroatoms. The molecular weight excluding hydrogens is 272 g/mol. The van der Waals surface area contributed by atoms with Gasteiger partial charge in [0, 0.05) is 18.4 Å². The van der Waals surface area contributed by atoms with Gasteiger partial charge in [-0.3, -0.25) is 4.79 Å². The topological polar surface area (TPSA) is 55.1 Å². The van der Waals surface area contributed by atoms with Crippen LogP contribution in [0.1, 0.15) is 51.1 Å². The molecule has 0 amide bonds. The van der Waals surface area contributed by atoms with Crippen LogP contribution in [0.15, 0.2) is 11.4 Å². The predicted molar refractivity (Wildman–Crippen MR) is 79.1 cm³/mol. The first-order valence-electron chi connectivity index (χ1n) is 7.42. The standard InChI is InChI=1S/C15H22N2O2S/c1-10(2)12-7-16-14(20-8-13(18)19)17(12)9-15(5-6-15)11-3-4-11/h7,10-11H,3-6,8-9H2,1-2H3,(H,18,19). The van der Waals surface area contributed by atoms with Crippen LogP contribution >= 0.6 is 11.8 Å². The normalized spacial score (nSPS) is 20.4. The Kier molecular flexibility index (Phi) is 3.56. The third kappa shape index (κ3) is 2.73. The first-order valence-corrected chi connectivity index (χ1v) is 8.40. The number of imidazole rings is 1. The zero-order valence-electron chi connectivity index (χ0n) is 12.1. The summed E-state index contributed by atoms with van der Waals surface area (Å²) in [6.45, 7) is 5.39. The van der Waals surface area contributed by atoms with Gasteiger partial charge in [-0.15, -0.1) is 0 Å². The van der Waals surface area contributed by atoms with E-state index in [9.17, 15) is 4.79 Å². The molecule has 0 spiro atoms. The van der Waals surface area contributed by atoms with Crippen LogP contribution < -0.4 is 0 Å². The van der Waals surface area contributed by atoms with Gasteiger partial charge in [0.05, 0.1) is 5.75 Å². The minimum atomic E-state index is -0.779. The van der Waals surface area contributed by atoms with Gasteiger partial charge >= 0.3 is 5.97 Å². The van der Waals surface area contributed by atoms with Gasteiger partial charge in [-0.05, 0) is 42.9 Å². The van der Waals surface area contributed by atoms with Crippen molar-refractivity contribution in [3.63, 3.8) is 0 Å². The van der Waals surface area contributed by atoms with E-state index >= 15 is 0 Å². The molecular formula is C15H22N2O2S. The maximum Gasteiger partial charge on any atom is 0.313 e. The van der Waals surface area contributed by atoms with Crippen molar-refractivity contribution in [2.45, 2.75) is 57.1 Å². The lowest BCUT2D eigenvalue weighted by atomic mass is 10.00. The van der Waals surface area contributed by atoms with Crippen molar-refractivity contribution in [3.8, 4) is 0 Å².